The van der Waals surface area contributed by atoms with Gasteiger partial charge < -0.3 is 10.0 Å². The van der Waals surface area contributed by atoms with Crippen molar-refractivity contribution in [3.63, 3.8) is 0 Å². The van der Waals surface area contributed by atoms with Crippen molar-refractivity contribution in [3.05, 3.63) is 41.7 Å². The molecule has 3 rings (SSSR count). The third-order valence-corrected chi connectivity index (χ3v) is 5.45. The Labute approximate surface area is 135 Å². The Hall–Kier alpha value is -1.90. The standard InChI is InChI=1S/C15H20N4O3S/c1-18-6-5-11-7-12(3-4-14(11)18)15(20)9-17-23(21,22)13-8-16-19(2)10-13/h3-4,7-8,10,15,17,20H,5-6,9H2,1-2H3. The van der Waals surface area contributed by atoms with E-state index in [1.807, 2.05) is 25.2 Å². The molecule has 0 radical (unpaired) electrons. The van der Waals surface area contributed by atoms with Gasteiger partial charge in [0.15, 0.2) is 0 Å². The first-order chi connectivity index (χ1) is 10.9. The van der Waals surface area contributed by atoms with Crippen molar-refractivity contribution in [1.82, 2.24) is 14.5 Å². The number of sulfonamides is 1. The Morgan fingerprint density at radius 2 is 2.17 bits per heavy atom. The van der Waals surface area contributed by atoms with Crippen molar-refractivity contribution >= 4 is 15.7 Å². The molecule has 0 fully saturated rings. The Morgan fingerprint density at radius 3 is 2.87 bits per heavy atom. The third-order valence-electron chi connectivity index (χ3n) is 4.07. The fourth-order valence-corrected chi connectivity index (χ4v) is 3.74. The van der Waals surface area contributed by atoms with Gasteiger partial charge in [0, 0.05) is 39.1 Å². The number of nitrogens with one attached hydrogen (secondary N) is 1. The van der Waals surface area contributed by atoms with Gasteiger partial charge in [0.25, 0.3) is 0 Å². The lowest BCUT2D eigenvalue weighted by Gasteiger charge is -2.15. The van der Waals surface area contributed by atoms with Crippen LogP contribution in [0.1, 0.15) is 17.2 Å². The number of rotatable bonds is 5. The van der Waals surface area contributed by atoms with Gasteiger partial charge in [0.2, 0.25) is 10.0 Å². The number of benzene rings is 1. The van der Waals surface area contributed by atoms with E-state index >= 15 is 0 Å². The molecule has 124 valence electrons. The van der Waals surface area contributed by atoms with Crippen LogP contribution >= 0.6 is 0 Å². The van der Waals surface area contributed by atoms with Gasteiger partial charge >= 0.3 is 0 Å². The molecule has 1 aromatic carbocycles. The van der Waals surface area contributed by atoms with Crippen LogP contribution in [0.25, 0.3) is 0 Å². The molecule has 0 amide bonds. The molecule has 0 saturated carbocycles. The molecule has 8 heteroatoms. The lowest BCUT2D eigenvalue weighted by atomic mass is 10.0. The molecule has 2 aromatic rings. The van der Waals surface area contributed by atoms with Crippen molar-refractivity contribution in [2.75, 3.05) is 25.0 Å². The topological polar surface area (TPSA) is 87.5 Å². The maximum Gasteiger partial charge on any atom is 0.243 e. The summed E-state index contributed by atoms with van der Waals surface area (Å²) >= 11 is 0. The molecule has 2 heterocycles. The first-order valence-corrected chi connectivity index (χ1v) is 8.85. The van der Waals surface area contributed by atoms with Gasteiger partial charge in [0.05, 0.1) is 12.3 Å². The molecular weight excluding hydrogens is 316 g/mol. The number of hydrogen-bond donors (Lipinski definition) is 2. The maximum absolute atomic E-state index is 12.1. The number of hydrogen-bond acceptors (Lipinski definition) is 5. The van der Waals surface area contributed by atoms with Crippen molar-refractivity contribution < 1.29 is 13.5 Å². The minimum absolute atomic E-state index is 0.0775. The average molecular weight is 336 g/mol. The molecule has 7 nitrogen and oxygen atoms in total. The number of aryl methyl sites for hydroxylation is 1. The van der Waals surface area contributed by atoms with E-state index in [-0.39, 0.29) is 11.4 Å². The lowest BCUT2D eigenvalue weighted by molar-refractivity contribution is 0.182. The molecule has 1 atom stereocenters. The lowest BCUT2D eigenvalue weighted by Crippen LogP contribution is -2.28. The minimum Gasteiger partial charge on any atom is -0.387 e. The Morgan fingerprint density at radius 1 is 1.39 bits per heavy atom. The summed E-state index contributed by atoms with van der Waals surface area (Å²) in [6.07, 6.45) is 2.74. The Balaban J connectivity index is 1.69. The van der Waals surface area contributed by atoms with Crippen LogP contribution in [-0.2, 0) is 23.5 Å². The summed E-state index contributed by atoms with van der Waals surface area (Å²) in [7, 11) is 0.0156. The van der Waals surface area contributed by atoms with Gasteiger partial charge in [-0.25, -0.2) is 13.1 Å². The van der Waals surface area contributed by atoms with Crippen molar-refractivity contribution in [1.29, 1.82) is 0 Å². The van der Waals surface area contributed by atoms with E-state index in [0.717, 1.165) is 18.7 Å². The normalized spacial score (nSPS) is 15.7. The maximum atomic E-state index is 12.1. The highest BCUT2D eigenvalue weighted by molar-refractivity contribution is 7.89. The minimum atomic E-state index is -3.66. The van der Waals surface area contributed by atoms with Gasteiger partial charge in [-0.05, 0) is 23.6 Å². The highest BCUT2D eigenvalue weighted by Crippen LogP contribution is 2.29. The van der Waals surface area contributed by atoms with Gasteiger partial charge in [-0.3, -0.25) is 4.68 Å². The van der Waals surface area contributed by atoms with E-state index < -0.39 is 16.1 Å². The second-order valence-electron chi connectivity index (χ2n) is 5.78. The Kier molecular flexibility index (Phi) is 4.13. The summed E-state index contributed by atoms with van der Waals surface area (Å²) in [5.41, 5.74) is 3.06. The third kappa shape index (κ3) is 3.24. The van der Waals surface area contributed by atoms with Crippen molar-refractivity contribution in [2.45, 2.75) is 17.4 Å². The molecule has 23 heavy (non-hydrogen) atoms. The summed E-state index contributed by atoms with van der Waals surface area (Å²) in [5.74, 6) is 0. The summed E-state index contributed by atoms with van der Waals surface area (Å²) in [6, 6.07) is 5.75. The number of aromatic nitrogens is 2. The summed E-state index contributed by atoms with van der Waals surface area (Å²) in [5, 5.41) is 14.1. The Bertz CT molecular complexity index is 816. The number of aliphatic hydroxyl groups excluding tert-OH is 1. The predicted molar refractivity (Wildman–Crippen MR) is 86.8 cm³/mol. The molecular formula is C15H20N4O3S. The average Bonchev–Trinajstić information content (AvgIpc) is 3.12. The first-order valence-electron chi connectivity index (χ1n) is 7.37. The second-order valence-corrected chi connectivity index (χ2v) is 7.54. The van der Waals surface area contributed by atoms with E-state index in [2.05, 4.69) is 14.7 Å². The molecule has 0 saturated heterocycles. The van der Waals surface area contributed by atoms with Gasteiger partial charge in [0.1, 0.15) is 4.90 Å². The zero-order valence-electron chi connectivity index (χ0n) is 13.1. The zero-order chi connectivity index (χ0) is 16.6. The van der Waals surface area contributed by atoms with Gasteiger partial charge in [-0.1, -0.05) is 12.1 Å². The fourth-order valence-electron chi connectivity index (χ4n) is 2.72. The van der Waals surface area contributed by atoms with E-state index in [0.29, 0.717) is 5.56 Å². The molecule has 0 aliphatic carbocycles. The monoisotopic (exact) mass is 336 g/mol. The molecule has 1 aliphatic rings. The molecule has 0 bridgehead atoms. The van der Waals surface area contributed by atoms with E-state index in [9.17, 15) is 13.5 Å². The first kappa shape index (κ1) is 16.0. The summed E-state index contributed by atoms with van der Waals surface area (Å²) < 4.78 is 28.1. The molecule has 1 unspecified atom stereocenters. The SMILES string of the molecule is CN1CCc2cc(C(O)CNS(=O)(=O)c3cnn(C)c3)ccc21. The molecule has 0 spiro atoms. The zero-order valence-corrected chi connectivity index (χ0v) is 13.9. The molecule has 1 aromatic heterocycles. The van der Waals surface area contributed by atoms with Crippen molar-refractivity contribution in [2.24, 2.45) is 7.05 Å². The second kappa shape index (κ2) is 5.95. The van der Waals surface area contributed by atoms with Gasteiger partial charge in [-0.15, -0.1) is 0 Å². The summed E-state index contributed by atoms with van der Waals surface area (Å²) in [6.45, 7) is 0.883. The van der Waals surface area contributed by atoms with Crippen LogP contribution in [0.4, 0.5) is 5.69 Å². The number of fused-ring (bicyclic) bond motifs is 1. The van der Waals surface area contributed by atoms with Crippen LogP contribution in [0.3, 0.4) is 0 Å². The van der Waals surface area contributed by atoms with Crippen LogP contribution < -0.4 is 9.62 Å². The number of nitrogens with zero attached hydrogens (tertiary/aromatic N) is 3. The largest absolute Gasteiger partial charge is 0.387 e. The smallest absolute Gasteiger partial charge is 0.243 e. The van der Waals surface area contributed by atoms with Crippen LogP contribution in [0.5, 0.6) is 0 Å². The highest BCUT2D eigenvalue weighted by Gasteiger charge is 2.20. The molecule has 1 aliphatic heterocycles. The fraction of sp³-hybridized carbons (Fsp3) is 0.400. The van der Waals surface area contributed by atoms with E-state index in [1.165, 1.54) is 22.6 Å². The van der Waals surface area contributed by atoms with Crippen LogP contribution in [-0.4, -0.2) is 43.4 Å². The number of likely N-dealkylation sites (N-methyl/N-ethyl adjacent to an activating group) is 1. The number of anilines is 1. The van der Waals surface area contributed by atoms with Gasteiger partial charge in [-0.2, -0.15) is 5.10 Å². The quantitative estimate of drug-likeness (QED) is 0.826. The van der Waals surface area contributed by atoms with Crippen LogP contribution in [0.15, 0.2) is 35.5 Å². The van der Waals surface area contributed by atoms with Crippen LogP contribution in [0.2, 0.25) is 0 Å². The summed E-state index contributed by atoms with van der Waals surface area (Å²) in [4.78, 5) is 2.25. The van der Waals surface area contributed by atoms with E-state index in [4.69, 9.17) is 0 Å². The van der Waals surface area contributed by atoms with Crippen LogP contribution in [0, 0.1) is 0 Å². The highest BCUT2D eigenvalue weighted by atomic mass is 32.2. The van der Waals surface area contributed by atoms with Crippen molar-refractivity contribution in [3.8, 4) is 0 Å². The predicted octanol–water partition coefficient (Wildman–Crippen LogP) is 0.424. The number of aliphatic hydroxyl groups is 1. The van der Waals surface area contributed by atoms with E-state index in [1.54, 1.807) is 7.05 Å². The molecule has 2 N–H and O–H groups in total.